The van der Waals surface area contributed by atoms with Crippen molar-refractivity contribution in [2.75, 3.05) is 0 Å². The molecule has 0 spiro atoms. The number of rotatable bonds is 1. The van der Waals surface area contributed by atoms with E-state index in [0.29, 0.717) is 5.56 Å². The maximum absolute atomic E-state index is 10.7. The fourth-order valence-corrected chi connectivity index (χ4v) is 1.40. The third-order valence-corrected chi connectivity index (χ3v) is 2.59. The van der Waals surface area contributed by atoms with Gasteiger partial charge < -0.3 is 5.11 Å². The van der Waals surface area contributed by atoms with Gasteiger partial charge in [-0.25, -0.2) is 4.79 Å². The van der Waals surface area contributed by atoms with Crippen LogP contribution in [0.2, 0.25) is 0 Å². The molecule has 1 aromatic rings. The predicted molar refractivity (Wildman–Crippen MR) is 50.6 cm³/mol. The lowest BCUT2D eigenvalue weighted by molar-refractivity contribution is 0.0696. The van der Waals surface area contributed by atoms with Crippen LogP contribution in [-0.2, 0) is 0 Å². The summed E-state index contributed by atoms with van der Waals surface area (Å²) in [7, 11) is 0. The number of hydrogen-bond donors (Lipinski definition) is 1. The number of aromatic carboxylic acids is 1. The van der Waals surface area contributed by atoms with E-state index in [-0.39, 0.29) is 0 Å². The minimum absolute atomic E-state index is 0.354. The summed E-state index contributed by atoms with van der Waals surface area (Å²) < 4.78 is 0.838. The van der Waals surface area contributed by atoms with Crippen molar-refractivity contribution >= 4 is 21.9 Å². The number of carbonyl (C=O) groups is 1. The Kier molecular flexibility index (Phi) is 2.52. The summed E-state index contributed by atoms with van der Waals surface area (Å²) in [4.78, 5) is 10.7. The molecule has 0 atom stereocenters. The van der Waals surface area contributed by atoms with Gasteiger partial charge >= 0.3 is 5.97 Å². The minimum Gasteiger partial charge on any atom is -0.478 e. The fraction of sp³-hybridized carbons (Fsp3) is 0.222. The van der Waals surface area contributed by atoms with Crippen LogP contribution < -0.4 is 0 Å². The van der Waals surface area contributed by atoms with Crippen molar-refractivity contribution < 1.29 is 9.90 Å². The Hall–Kier alpha value is -0.830. The van der Waals surface area contributed by atoms with Crippen LogP contribution in [0.1, 0.15) is 21.5 Å². The van der Waals surface area contributed by atoms with Crippen LogP contribution in [-0.4, -0.2) is 11.1 Å². The highest BCUT2D eigenvalue weighted by Crippen LogP contribution is 2.20. The van der Waals surface area contributed by atoms with E-state index >= 15 is 0 Å². The standard InChI is InChI=1S/C9H9BrO2/c1-5-3-6(2)8(10)4-7(5)9(11)12/h3-4H,1-2H3,(H,11,12). The Morgan fingerprint density at radius 3 is 2.42 bits per heavy atom. The van der Waals surface area contributed by atoms with Gasteiger partial charge in [0.1, 0.15) is 0 Å². The molecule has 1 aromatic carbocycles. The van der Waals surface area contributed by atoms with Crippen molar-refractivity contribution in [3.8, 4) is 0 Å². The third-order valence-electron chi connectivity index (χ3n) is 1.74. The molecule has 0 radical (unpaired) electrons. The summed E-state index contributed by atoms with van der Waals surface area (Å²) in [6, 6.07) is 3.49. The molecule has 1 rings (SSSR count). The SMILES string of the molecule is Cc1cc(C)c(C(=O)O)cc1Br. The Labute approximate surface area is 79.3 Å². The average Bonchev–Trinajstić information content (AvgIpc) is 1.96. The van der Waals surface area contributed by atoms with Crippen LogP contribution in [0.15, 0.2) is 16.6 Å². The Morgan fingerprint density at radius 2 is 1.92 bits per heavy atom. The van der Waals surface area contributed by atoms with Crippen molar-refractivity contribution in [3.63, 3.8) is 0 Å². The van der Waals surface area contributed by atoms with Gasteiger partial charge in [-0.2, -0.15) is 0 Å². The van der Waals surface area contributed by atoms with Crippen LogP contribution in [0, 0.1) is 13.8 Å². The number of carboxylic acids is 1. The van der Waals surface area contributed by atoms with Gasteiger partial charge in [0.15, 0.2) is 0 Å². The molecular weight excluding hydrogens is 220 g/mol. The summed E-state index contributed by atoms with van der Waals surface area (Å²) in [5, 5.41) is 8.76. The molecule has 0 saturated heterocycles. The summed E-state index contributed by atoms with van der Waals surface area (Å²) >= 11 is 3.29. The smallest absolute Gasteiger partial charge is 0.335 e. The zero-order chi connectivity index (χ0) is 9.30. The summed E-state index contributed by atoms with van der Waals surface area (Å²) in [6.45, 7) is 3.73. The molecule has 0 fully saturated rings. The van der Waals surface area contributed by atoms with E-state index in [2.05, 4.69) is 15.9 Å². The molecule has 0 aliphatic rings. The first-order valence-corrected chi connectivity index (χ1v) is 4.31. The first-order chi connectivity index (χ1) is 5.52. The van der Waals surface area contributed by atoms with E-state index < -0.39 is 5.97 Å². The largest absolute Gasteiger partial charge is 0.478 e. The van der Waals surface area contributed by atoms with Crippen molar-refractivity contribution in [1.29, 1.82) is 0 Å². The highest BCUT2D eigenvalue weighted by atomic mass is 79.9. The summed E-state index contributed by atoms with van der Waals surface area (Å²) in [5.41, 5.74) is 2.20. The maximum Gasteiger partial charge on any atom is 0.335 e. The Balaban J connectivity index is 3.33. The van der Waals surface area contributed by atoms with Crippen LogP contribution in [0.5, 0.6) is 0 Å². The van der Waals surface area contributed by atoms with Crippen LogP contribution in [0.25, 0.3) is 0 Å². The third kappa shape index (κ3) is 1.67. The van der Waals surface area contributed by atoms with Gasteiger partial charge in [-0.1, -0.05) is 22.0 Å². The molecule has 3 heteroatoms. The molecule has 0 unspecified atom stereocenters. The van der Waals surface area contributed by atoms with Gasteiger partial charge in [-0.3, -0.25) is 0 Å². The minimum atomic E-state index is -0.881. The lowest BCUT2D eigenvalue weighted by atomic mass is 10.1. The zero-order valence-corrected chi connectivity index (χ0v) is 8.47. The number of benzene rings is 1. The molecule has 64 valence electrons. The maximum atomic E-state index is 10.7. The molecule has 0 aliphatic carbocycles. The molecule has 12 heavy (non-hydrogen) atoms. The molecule has 2 nitrogen and oxygen atoms in total. The average molecular weight is 229 g/mol. The molecule has 0 bridgehead atoms. The number of aryl methyl sites for hydroxylation is 2. The molecule has 0 saturated carbocycles. The number of hydrogen-bond acceptors (Lipinski definition) is 1. The lowest BCUT2D eigenvalue weighted by Gasteiger charge is -2.03. The van der Waals surface area contributed by atoms with E-state index in [9.17, 15) is 4.79 Å². The quantitative estimate of drug-likeness (QED) is 0.803. The van der Waals surface area contributed by atoms with Crippen LogP contribution >= 0.6 is 15.9 Å². The normalized spacial score (nSPS) is 9.92. The summed E-state index contributed by atoms with van der Waals surface area (Å²) in [6.07, 6.45) is 0. The van der Waals surface area contributed by atoms with Crippen molar-refractivity contribution in [3.05, 3.63) is 33.3 Å². The first kappa shape index (κ1) is 9.26. The monoisotopic (exact) mass is 228 g/mol. The van der Waals surface area contributed by atoms with Crippen LogP contribution in [0.3, 0.4) is 0 Å². The van der Waals surface area contributed by atoms with E-state index in [4.69, 9.17) is 5.11 Å². The Bertz CT molecular complexity index is 332. The zero-order valence-electron chi connectivity index (χ0n) is 6.89. The van der Waals surface area contributed by atoms with E-state index in [1.165, 1.54) is 0 Å². The molecule has 0 heterocycles. The van der Waals surface area contributed by atoms with Gasteiger partial charge in [0.2, 0.25) is 0 Å². The topological polar surface area (TPSA) is 37.3 Å². The van der Waals surface area contributed by atoms with Crippen molar-refractivity contribution in [2.45, 2.75) is 13.8 Å². The first-order valence-electron chi connectivity index (χ1n) is 3.52. The van der Waals surface area contributed by atoms with Gasteiger partial charge in [-0.15, -0.1) is 0 Å². The van der Waals surface area contributed by atoms with Gasteiger partial charge in [-0.05, 0) is 31.0 Å². The van der Waals surface area contributed by atoms with Crippen LogP contribution in [0.4, 0.5) is 0 Å². The number of carboxylic acid groups (broad SMARTS) is 1. The molecule has 0 amide bonds. The second-order valence-corrected chi connectivity index (χ2v) is 3.58. The predicted octanol–water partition coefficient (Wildman–Crippen LogP) is 2.76. The molecule has 0 aliphatic heterocycles. The van der Waals surface area contributed by atoms with Gasteiger partial charge in [0, 0.05) is 4.47 Å². The van der Waals surface area contributed by atoms with E-state index in [1.807, 2.05) is 13.0 Å². The molecular formula is C9H9BrO2. The highest BCUT2D eigenvalue weighted by Gasteiger charge is 2.08. The van der Waals surface area contributed by atoms with Gasteiger partial charge in [0.05, 0.1) is 5.56 Å². The number of halogens is 1. The van der Waals surface area contributed by atoms with Crippen molar-refractivity contribution in [2.24, 2.45) is 0 Å². The summed E-state index contributed by atoms with van der Waals surface area (Å²) in [5.74, 6) is -0.881. The second-order valence-electron chi connectivity index (χ2n) is 2.72. The second kappa shape index (κ2) is 3.27. The molecule has 0 aromatic heterocycles. The van der Waals surface area contributed by atoms with Gasteiger partial charge in [0.25, 0.3) is 0 Å². The lowest BCUT2D eigenvalue weighted by Crippen LogP contribution is -2.00. The highest BCUT2D eigenvalue weighted by molar-refractivity contribution is 9.10. The van der Waals surface area contributed by atoms with Crippen molar-refractivity contribution in [1.82, 2.24) is 0 Å². The fourth-order valence-electron chi connectivity index (χ4n) is 1.06. The Morgan fingerprint density at radius 1 is 1.33 bits per heavy atom. The van der Waals surface area contributed by atoms with E-state index in [0.717, 1.165) is 15.6 Å². The molecule has 1 N–H and O–H groups in total. The van der Waals surface area contributed by atoms with E-state index in [1.54, 1.807) is 13.0 Å².